The van der Waals surface area contributed by atoms with Gasteiger partial charge in [-0.1, -0.05) is 25.5 Å². The lowest BCUT2D eigenvalue weighted by atomic mass is 10.1. The zero-order valence-corrected chi connectivity index (χ0v) is 14.0. The number of aromatic nitrogens is 3. The fourth-order valence-corrected chi connectivity index (χ4v) is 3.71. The summed E-state index contributed by atoms with van der Waals surface area (Å²) in [5.74, 6) is 0.196. The van der Waals surface area contributed by atoms with Crippen LogP contribution in [0.3, 0.4) is 0 Å². The third kappa shape index (κ3) is 3.72. The van der Waals surface area contributed by atoms with E-state index in [-0.39, 0.29) is 11.8 Å². The Balaban J connectivity index is 2.14. The van der Waals surface area contributed by atoms with Crippen LogP contribution in [0, 0.1) is 0 Å². The number of rotatable bonds is 7. The molecule has 0 saturated heterocycles. The van der Waals surface area contributed by atoms with Crippen LogP contribution in [-0.4, -0.2) is 40.3 Å². The highest BCUT2D eigenvalue weighted by molar-refractivity contribution is 7.89. The third-order valence-corrected chi connectivity index (χ3v) is 5.80. The summed E-state index contributed by atoms with van der Waals surface area (Å²) in [5, 5.41) is 4.07. The molecule has 120 valence electrons. The SMILES string of the molecule is CCCCS(=O)(=O)N(C)[C@@H](C)c1ccc(-n2cncn2)cc1. The summed E-state index contributed by atoms with van der Waals surface area (Å²) < 4.78 is 27.6. The fourth-order valence-electron chi connectivity index (χ4n) is 2.17. The standard InChI is InChI=1S/C15H22N4O2S/c1-4-5-10-22(20,21)18(3)13(2)14-6-8-15(9-7-14)19-12-16-11-17-19/h6-9,11-13H,4-5,10H2,1-3H3/t13-/m0/s1. The molecule has 1 atom stereocenters. The molecule has 0 amide bonds. The predicted molar refractivity (Wildman–Crippen MR) is 86.2 cm³/mol. The minimum atomic E-state index is -3.22. The van der Waals surface area contributed by atoms with Crippen LogP contribution < -0.4 is 0 Å². The first-order valence-electron chi connectivity index (χ1n) is 7.36. The largest absolute Gasteiger partial charge is 0.223 e. The van der Waals surface area contributed by atoms with Crippen molar-refractivity contribution in [2.45, 2.75) is 32.7 Å². The number of hydrogen-bond acceptors (Lipinski definition) is 4. The van der Waals surface area contributed by atoms with E-state index in [2.05, 4.69) is 10.1 Å². The van der Waals surface area contributed by atoms with Crippen molar-refractivity contribution in [1.82, 2.24) is 19.1 Å². The molecule has 2 aromatic rings. The van der Waals surface area contributed by atoms with Gasteiger partial charge in [0.2, 0.25) is 10.0 Å². The van der Waals surface area contributed by atoms with E-state index in [1.54, 1.807) is 18.1 Å². The van der Waals surface area contributed by atoms with Gasteiger partial charge in [-0.05, 0) is 31.0 Å². The molecule has 0 unspecified atom stereocenters. The van der Waals surface area contributed by atoms with Gasteiger partial charge in [0.05, 0.1) is 11.4 Å². The highest BCUT2D eigenvalue weighted by atomic mass is 32.2. The van der Waals surface area contributed by atoms with Gasteiger partial charge in [-0.2, -0.15) is 9.40 Å². The molecule has 1 aromatic carbocycles. The van der Waals surface area contributed by atoms with E-state index < -0.39 is 10.0 Å². The van der Waals surface area contributed by atoms with Crippen molar-refractivity contribution in [2.75, 3.05) is 12.8 Å². The lowest BCUT2D eigenvalue weighted by Crippen LogP contribution is -2.31. The highest BCUT2D eigenvalue weighted by Crippen LogP contribution is 2.23. The molecule has 0 fully saturated rings. The van der Waals surface area contributed by atoms with Gasteiger partial charge >= 0.3 is 0 Å². The lowest BCUT2D eigenvalue weighted by molar-refractivity contribution is 0.397. The average molecular weight is 322 g/mol. The first-order chi connectivity index (χ1) is 10.5. The number of sulfonamides is 1. The predicted octanol–water partition coefficient (Wildman–Crippen LogP) is 2.39. The third-order valence-electron chi connectivity index (χ3n) is 3.80. The molecule has 0 spiro atoms. The van der Waals surface area contributed by atoms with Crippen molar-refractivity contribution in [3.8, 4) is 5.69 Å². The summed E-state index contributed by atoms with van der Waals surface area (Å²) in [6.07, 6.45) is 4.66. The molecule has 0 N–H and O–H groups in total. The molecule has 0 aliphatic rings. The summed E-state index contributed by atoms with van der Waals surface area (Å²) in [5.41, 5.74) is 1.84. The van der Waals surface area contributed by atoms with E-state index in [9.17, 15) is 8.42 Å². The summed E-state index contributed by atoms with van der Waals surface area (Å²) >= 11 is 0. The zero-order chi connectivity index (χ0) is 16.2. The highest BCUT2D eigenvalue weighted by Gasteiger charge is 2.23. The van der Waals surface area contributed by atoms with Crippen LogP contribution in [0.15, 0.2) is 36.9 Å². The first kappa shape index (κ1) is 16.6. The van der Waals surface area contributed by atoms with Crippen molar-refractivity contribution >= 4 is 10.0 Å². The average Bonchev–Trinajstić information content (AvgIpc) is 3.06. The van der Waals surface area contributed by atoms with Crippen LogP contribution in [0.4, 0.5) is 0 Å². The van der Waals surface area contributed by atoms with Gasteiger partial charge in [-0.25, -0.2) is 18.1 Å². The molecular weight excluding hydrogens is 300 g/mol. The Labute approximate surface area is 131 Å². The van der Waals surface area contributed by atoms with Gasteiger partial charge in [0.1, 0.15) is 12.7 Å². The maximum atomic E-state index is 12.3. The Morgan fingerprint density at radius 2 is 1.95 bits per heavy atom. The van der Waals surface area contributed by atoms with Gasteiger partial charge < -0.3 is 0 Å². The summed E-state index contributed by atoms with van der Waals surface area (Å²) in [6, 6.07) is 7.47. The monoisotopic (exact) mass is 322 g/mol. The van der Waals surface area contributed by atoms with Crippen LogP contribution >= 0.6 is 0 Å². The van der Waals surface area contributed by atoms with Crippen molar-refractivity contribution in [3.05, 3.63) is 42.5 Å². The number of benzene rings is 1. The maximum Gasteiger partial charge on any atom is 0.214 e. The van der Waals surface area contributed by atoms with Gasteiger partial charge in [-0.15, -0.1) is 0 Å². The topological polar surface area (TPSA) is 68.1 Å². The molecule has 7 heteroatoms. The Bertz CT molecular complexity index is 681. The number of hydrogen-bond donors (Lipinski definition) is 0. The van der Waals surface area contributed by atoms with Crippen LogP contribution in [0.2, 0.25) is 0 Å². The summed E-state index contributed by atoms with van der Waals surface area (Å²) in [4.78, 5) is 3.91. The maximum absolute atomic E-state index is 12.3. The Morgan fingerprint density at radius 1 is 1.27 bits per heavy atom. The molecule has 22 heavy (non-hydrogen) atoms. The molecule has 0 saturated carbocycles. The van der Waals surface area contributed by atoms with E-state index in [4.69, 9.17) is 0 Å². The summed E-state index contributed by atoms with van der Waals surface area (Å²) in [7, 11) is -1.58. The van der Waals surface area contributed by atoms with Crippen molar-refractivity contribution in [1.29, 1.82) is 0 Å². The van der Waals surface area contributed by atoms with Gasteiger partial charge in [0, 0.05) is 13.1 Å². The molecule has 1 heterocycles. The Hall–Kier alpha value is -1.73. The fraction of sp³-hybridized carbons (Fsp3) is 0.467. The minimum absolute atomic E-state index is 0.196. The van der Waals surface area contributed by atoms with Gasteiger partial charge in [0.25, 0.3) is 0 Å². The van der Waals surface area contributed by atoms with Crippen LogP contribution in [0.25, 0.3) is 5.69 Å². The lowest BCUT2D eigenvalue weighted by Gasteiger charge is -2.24. The van der Waals surface area contributed by atoms with E-state index in [0.717, 1.165) is 17.7 Å². The molecule has 0 radical (unpaired) electrons. The van der Waals surface area contributed by atoms with E-state index in [1.807, 2.05) is 38.1 Å². The molecule has 0 bridgehead atoms. The second-order valence-corrected chi connectivity index (χ2v) is 7.44. The second kappa shape index (κ2) is 7.02. The van der Waals surface area contributed by atoms with Gasteiger partial charge in [0.15, 0.2) is 0 Å². The molecule has 1 aromatic heterocycles. The minimum Gasteiger partial charge on any atom is -0.223 e. The molecule has 2 rings (SSSR count). The number of unbranched alkanes of at least 4 members (excludes halogenated alkanes) is 1. The molecule has 0 aliphatic carbocycles. The first-order valence-corrected chi connectivity index (χ1v) is 8.97. The number of nitrogens with zero attached hydrogens (tertiary/aromatic N) is 4. The van der Waals surface area contributed by atoms with Crippen molar-refractivity contribution < 1.29 is 8.42 Å². The van der Waals surface area contributed by atoms with E-state index in [0.29, 0.717) is 6.42 Å². The van der Waals surface area contributed by atoms with Crippen LogP contribution in [-0.2, 0) is 10.0 Å². The summed E-state index contributed by atoms with van der Waals surface area (Å²) in [6.45, 7) is 3.88. The Morgan fingerprint density at radius 3 is 2.50 bits per heavy atom. The van der Waals surface area contributed by atoms with Crippen molar-refractivity contribution in [2.24, 2.45) is 0 Å². The van der Waals surface area contributed by atoms with Crippen LogP contribution in [0.5, 0.6) is 0 Å². The van der Waals surface area contributed by atoms with Crippen molar-refractivity contribution in [3.63, 3.8) is 0 Å². The smallest absolute Gasteiger partial charge is 0.214 e. The normalized spacial score (nSPS) is 13.5. The van der Waals surface area contributed by atoms with Crippen LogP contribution in [0.1, 0.15) is 38.3 Å². The quantitative estimate of drug-likeness (QED) is 0.785. The molecular formula is C15H22N4O2S. The van der Waals surface area contributed by atoms with E-state index in [1.165, 1.54) is 10.6 Å². The Kier molecular flexibility index (Phi) is 5.31. The van der Waals surface area contributed by atoms with Gasteiger partial charge in [-0.3, -0.25) is 0 Å². The zero-order valence-electron chi connectivity index (χ0n) is 13.2. The molecule has 6 nitrogen and oxygen atoms in total. The second-order valence-electron chi connectivity index (χ2n) is 5.29. The van der Waals surface area contributed by atoms with E-state index >= 15 is 0 Å². The molecule has 0 aliphatic heterocycles.